The molecule has 0 saturated carbocycles. The van der Waals surface area contributed by atoms with E-state index in [2.05, 4.69) is 83.1 Å². The van der Waals surface area contributed by atoms with Crippen molar-refractivity contribution in [3.63, 3.8) is 0 Å². The van der Waals surface area contributed by atoms with Crippen LogP contribution in [0.5, 0.6) is 0 Å². The number of quaternary nitrogens is 3. The first-order chi connectivity index (χ1) is 30.7. The number of rotatable bonds is 48. The Labute approximate surface area is 438 Å². The van der Waals surface area contributed by atoms with E-state index in [-0.39, 0.29) is 34.1 Å². The Morgan fingerprint density at radius 2 is 0.242 bits per heavy atom. The predicted molar refractivity (Wildman–Crippen MR) is 293 cm³/mol. The van der Waals surface area contributed by atoms with Crippen LogP contribution in [0.1, 0.15) is 314 Å². The Morgan fingerprint density at radius 1 is 0.167 bits per heavy atom. The van der Waals surface area contributed by atoms with Crippen LogP contribution in [0.25, 0.3) is 0 Å². The summed E-state index contributed by atoms with van der Waals surface area (Å²) in [4.78, 5) is 0. The van der Waals surface area contributed by atoms with Gasteiger partial charge in [0.2, 0.25) is 0 Å². The molecule has 0 heterocycles. The lowest BCUT2D eigenvalue weighted by atomic mass is 10.1. The Bertz CT molecular complexity index is 590. The van der Waals surface area contributed by atoms with Crippen molar-refractivity contribution >= 4 is 0 Å². The zero-order valence-electron chi connectivity index (χ0n) is 48.4. The van der Waals surface area contributed by atoms with Gasteiger partial charge in [-0.3, -0.25) is 0 Å². The molecule has 0 amide bonds. The number of hydrogen-bond donors (Lipinski definition) is 0. The maximum Gasteiger partial charge on any atom is 0.0786 e. The highest BCUT2D eigenvalue weighted by Crippen LogP contribution is 2.21. The molecule has 6 heteroatoms. The van der Waals surface area contributed by atoms with Gasteiger partial charge in [0.15, 0.2) is 0 Å². The monoisotopic (exact) mass is 1030 g/mol. The second-order valence-electron chi connectivity index (χ2n) is 21.2. The second kappa shape index (κ2) is 61.7. The molecule has 0 rings (SSSR count). The summed E-state index contributed by atoms with van der Waals surface area (Å²) < 4.78 is 4.33. The van der Waals surface area contributed by atoms with E-state index in [4.69, 9.17) is 0 Å². The largest absolute Gasteiger partial charge is 1.00 e. The molecule has 0 atom stereocenters. The van der Waals surface area contributed by atoms with Crippen LogP contribution in [0.2, 0.25) is 0 Å². The van der Waals surface area contributed by atoms with E-state index >= 15 is 0 Å². The van der Waals surface area contributed by atoms with Crippen molar-refractivity contribution < 1.29 is 47.5 Å². The van der Waals surface area contributed by atoms with E-state index in [1.54, 1.807) is 0 Å². The fraction of sp³-hybridized carbons (Fsp3) is 1.00. The van der Waals surface area contributed by atoms with E-state index in [1.165, 1.54) is 323 Å². The fourth-order valence-corrected chi connectivity index (χ4v) is 10.4. The van der Waals surface area contributed by atoms with Gasteiger partial charge >= 0.3 is 0 Å². The number of hydrogen-bond acceptors (Lipinski definition) is 0. The Balaban J connectivity index is -0.000000200. The van der Waals surface area contributed by atoms with Crippen LogP contribution in [0.4, 0.5) is 0 Å². The molecule has 3 nitrogen and oxygen atoms in total. The first-order valence-corrected chi connectivity index (χ1v) is 30.3. The molecule has 0 aromatic heterocycles. The van der Waals surface area contributed by atoms with Crippen LogP contribution in [0.3, 0.4) is 0 Å². The standard InChI is InChI=1S/3C20H44N.BrH.ClH.FH/c3*1-5-9-13-17-21(18-14-10-6-2,19-15-11-7-3)20-16-12-8-4;;;/h3*5-20H2,1-4H3;3*1H/q3*+1;;;/p-3. The van der Waals surface area contributed by atoms with Gasteiger partial charge in [-0.2, -0.15) is 0 Å². The van der Waals surface area contributed by atoms with Gasteiger partial charge in [-0.1, -0.05) is 160 Å². The summed E-state index contributed by atoms with van der Waals surface area (Å²) in [5.41, 5.74) is 0. The summed E-state index contributed by atoms with van der Waals surface area (Å²) >= 11 is 0. The van der Waals surface area contributed by atoms with E-state index in [1.807, 2.05) is 0 Å². The van der Waals surface area contributed by atoms with Crippen LogP contribution in [0, 0.1) is 0 Å². The summed E-state index contributed by atoms with van der Waals surface area (Å²) in [5, 5.41) is 0. The molecule has 408 valence electrons. The molecule has 66 heavy (non-hydrogen) atoms. The molecule has 0 aliphatic rings. The molecule has 0 aliphatic heterocycles. The highest BCUT2D eigenvalue weighted by atomic mass is 79.9. The lowest BCUT2D eigenvalue weighted by Gasteiger charge is -2.39. The molecular formula is C60H132BrClFN3. The first-order valence-electron chi connectivity index (χ1n) is 30.3. The summed E-state index contributed by atoms with van der Waals surface area (Å²) in [5.74, 6) is 0. The van der Waals surface area contributed by atoms with Crippen LogP contribution in [-0.4, -0.2) is 92.0 Å². The SMILES string of the molecule is CCCCC[N+](CCCCC)(CCCCC)CCCCC.CCCCC[N+](CCCCC)(CCCCC)CCCCC.CCCCC[N+](CCCCC)(CCCCC)CCCCC.[Br-].[Cl-].[F-]. The van der Waals surface area contributed by atoms with Crippen molar-refractivity contribution in [1.29, 1.82) is 0 Å². The van der Waals surface area contributed by atoms with Gasteiger partial charge in [0.05, 0.1) is 78.5 Å². The first kappa shape index (κ1) is 78.0. The average molecular weight is 1030 g/mol. The second-order valence-corrected chi connectivity index (χ2v) is 21.2. The third-order valence-electron chi connectivity index (χ3n) is 14.8. The van der Waals surface area contributed by atoms with Gasteiger partial charge in [-0.25, -0.2) is 0 Å². The minimum absolute atomic E-state index is 0. The zero-order chi connectivity index (χ0) is 47.4. The Morgan fingerprint density at radius 3 is 0.303 bits per heavy atom. The fourth-order valence-electron chi connectivity index (χ4n) is 10.4. The van der Waals surface area contributed by atoms with Gasteiger partial charge in [-0.15, -0.1) is 0 Å². The third-order valence-corrected chi connectivity index (χ3v) is 14.8. The Hall–Kier alpha value is 0.580. The molecular weight excluding hydrogens is 897 g/mol. The summed E-state index contributed by atoms with van der Waals surface area (Å²) in [7, 11) is 0. The third kappa shape index (κ3) is 49.6. The van der Waals surface area contributed by atoms with E-state index in [9.17, 15) is 0 Å². The van der Waals surface area contributed by atoms with Gasteiger partial charge < -0.3 is 47.5 Å². The maximum absolute atomic E-state index is 2.33. The summed E-state index contributed by atoms with van der Waals surface area (Å²) in [6, 6.07) is 0. The summed E-state index contributed by atoms with van der Waals surface area (Å²) in [6.45, 7) is 45.4. The average Bonchev–Trinajstić information content (AvgIpc) is 3.28. The van der Waals surface area contributed by atoms with Gasteiger partial charge in [0, 0.05) is 0 Å². The normalized spacial score (nSPS) is 11.5. The highest BCUT2D eigenvalue weighted by molar-refractivity contribution is 4.55. The molecule has 0 aromatic carbocycles. The quantitative estimate of drug-likeness (QED) is 0.0421. The summed E-state index contributed by atoms with van der Waals surface area (Å²) in [6.07, 6.45) is 50.8. The van der Waals surface area contributed by atoms with Crippen LogP contribution < -0.4 is 34.1 Å². The molecule has 0 aromatic rings. The Kier molecular flexibility index (Phi) is 72.9. The number of halogens is 3. The number of unbranched alkanes of at least 4 members (excludes halogenated alkanes) is 24. The zero-order valence-corrected chi connectivity index (χ0v) is 50.8. The van der Waals surface area contributed by atoms with Crippen molar-refractivity contribution in [1.82, 2.24) is 0 Å². The molecule has 0 N–H and O–H groups in total. The van der Waals surface area contributed by atoms with Crippen molar-refractivity contribution in [2.75, 3.05) is 78.5 Å². The highest BCUT2D eigenvalue weighted by Gasteiger charge is 2.27. The van der Waals surface area contributed by atoms with E-state index in [0.29, 0.717) is 0 Å². The van der Waals surface area contributed by atoms with Crippen molar-refractivity contribution in [3.05, 3.63) is 0 Å². The molecule has 0 radical (unpaired) electrons. The van der Waals surface area contributed by atoms with Gasteiger partial charge in [0.25, 0.3) is 0 Å². The van der Waals surface area contributed by atoms with Crippen molar-refractivity contribution in [2.24, 2.45) is 0 Å². The lowest BCUT2D eigenvalue weighted by Crippen LogP contribution is -3.00. The van der Waals surface area contributed by atoms with Crippen molar-refractivity contribution in [3.8, 4) is 0 Å². The molecule has 0 saturated heterocycles. The van der Waals surface area contributed by atoms with Crippen LogP contribution in [0.15, 0.2) is 0 Å². The van der Waals surface area contributed by atoms with Crippen LogP contribution >= 0.6 is 0 Å². The minimum atomic E-state index is 0. The maximum atomic E-state index is 2.33. The van der Waals surface area contributed by atoms with Gasteiger partial charge in [0.1, 0.15) is 0 Å². The minimum Gasteiger partial charge on any atom is -1.00 e. The molecule has 0 aliphatic carbocycles. The smallest absolute Gasteiger partial charge is 0.0786 e. The topological polar surface area (TPSA) is 0 Å². The lowest BCUT2D eigenvalue weighted by molar-refractivity contribution is -0.929. The molecule has 0 bridgehead atoms. The van der Waals surface area contributed by atoms with Gasteiger partial charge in [-0.05, 0) is 154 Å². The number of nitrogens with zero attached hydrogens (tertiary/aromatic N) is 3. The molecule has 0 fully saturated rings. The van der Waals surface area contributed by atoms with Crippen molar-refractivity contribution in [2.45, 2.75) is 314 Å². The van der Waals surface area contributed by atoms with E-state index in [0.717, 1.165) is 0 Å². The molecule has 0 unspecified atom stereocenters. The molecule has 0 spiro atoms. The van der Waals surface area contributed by atoms with Crippen LogP contribution in [-0.2, 0) is 0 Å². The predicted octanol–water partition coefficient (Wildman–Crippen LogP) is 10.7. The van der Waals surface area contributed by atoms with E-state index < -0.39 is 0 Å².